The molecule has 1 atom stereocenters. The second kappa shape index (κ2) is 10.3. The Labute approximate surface area is 195 Å². The Morgan fingerprint density at radius 3 is 2.18 bits per heavy atom. The van der Waals surface area contributed by atoms with E-state index in [0.717, 1.165) is 0 Å². The van der Waals surface area contributed by atoms with Gasteiger partial charge in [0.05, 0.1) is 26.9 Å². The molecule has 0 bridgehead atoms. The number of methoxy groups -OCH3 is 3. The van der Waals surface area contributed by atoms with E-state index in [2.05, 4.69) is 5.32 Å². The highest BCUT2D eigenvalue weighted by atomic mass is 35.5. The number of benzene rings is 2. The van der Waals surface area contributed by atoms with Crippen molar-refractivity contribution in [3.05, 3.63) is 74.8 Å². The van der Waals surface area contributed by atoms with E-state index in [1.54, 1.807) is 43.3 Å². The Morgan fingerprint density at radius 1 is 1.06 bits per heavy atom. The van der Waals surface area contributed by atoms with Crippen LogP contribution in [0.5, 0.6) is 23.0 Å². The van der Waals surface area contributed by atoms with Crippen molar-refractivity contribution < 1.29 is 28.5 Å². The lowest BCUT2D eigenvalue weighted by molar-refractivity contribution is -0.116. The van der Waals surface area contributed by atoms with Gasteiger partial charge in [0.25, 0.3) is 0 Å². The van der Waals surface area contributed by atoms with Crippen LogP contribution in [0.2, 0.25) is 5.02 Å². The number of aromatic hydroxyl groups is 1. The number of amides is 1. The van der Waals surface area contributed by atoms with Gasteiger partial charge in [0.2, 0.25) is 11.7 Å². The molecule has 33 heavy (non-hydrogen) atoms. The Bertz CT molecular complexity index is 1180. The molecule has 0 saturated heterocycles. The molecule has 174 valence electrons. The van der Waals surface area contributed by atoms with E-state index in [1.165, 1.54) is 27.4 Å². The number of hydrogen-bond donors (Lipinski definition) is 2. The molecule has 0 radical (unpaired) electrons. The zero-order valence-electron chi connectivity index (χ0n) is 18.6. The lowest BCUT2D eigenvalue weighted by Crippen LogP contribution is -2.21. The van der Waals surface area contributed by atoms with Crippen molar-refractivity contribution >= 4 is 23.2 Å². The summed E-state index contributed by atoms with van der Waals surface area (Å²) < 4.78 is 21.4. The minimum absolute atomic E-state index is 0.0545. The summed E-state index contributed by atoms with van der Waals surface area (Å²) in [7, 11) is 4.39. The summed E-state index contributed by atoms with van der Waals surface area (Å²) in [6, 6.07) is 11.2. The third-order valence-corrected chi connectivity index (χ3v) is 5.30. The zero-order chi connectivity index (χ0) is 24.1. The number of hydrogen-bond acceptors (Lipinski definition) is 7. The first-order valence-electron chi connectivity index (χ1n) is 9.96. The van der Waals surface area contributed by atoms with Gasteiger partial charge in [-0.15, -0.1) is 0 Å². The summed E-state index contributed by atoms with van der Waals surface area (Å²) in [4.78, 5) is 25.7. The van der Waals surface area contributed by atoms with E-state index in [4.69, 9.17) is 30.2 Å². The predicted molar refractivity (Wildman–Crippen MR) is 124 cm³/mol. The van der Waals surface area contributed by atoms with Gasteiger partial charge in [0.1, 0.15) is 11.5 Å². The van der Waals surface area contributed by atoms with Crippen LogP contribution in [-0.2, 0) is 4.79 Å². The Balaban J connectivity index is 2.09. The van der Waals surface area contributed by atoms with Gasteiger partial charge in [-0.05, 0) is 48.9 Å². The van der Waals surface area contributed by atoms with Crippen molar-refractivity contribution in [1.82, 2.24) is 0 Å². The third-order valence-electron chi connectivity index (χ3n) is 5.04. The highest BCUT2D eigenvalue weighted by Gasteiger charge is 2.28. The molecular formula is C24H24ClNO7. The van der Waals surface area contributed by atoms with Crippen LogP contribution in [0.1, 0.15) is 29.2 Å². The van der Waals surface area contributed by atoms with Crippen molar-refractivity contribution in [2.75, 3.05) is 26.6 Å². The van der Waals surface area contributed by atoms with E-state index in [9.17, 15) is 14.7 Å². The maximum absolute atomic E-state index is 12.9. The number of halogens is 1. The molecule has 0 fully saturated rings. The topological polar surface area (TPSA) is 107 Å². The minimum Gasteiger partial charge on any atom is -0.507 e. The third kappa shape index (κ3) is 5.40. The molecule has 9 heteroatoms. The standard InChI is InChI=1S/C24H24ClNO7/c1-13-9-18(27)22(24(29)33-13)17(12-21(28)26-16-7-5-15(25)6-8-16)14-10-19(30-2)23(32-4)20(11-14)31-3/h5-11,17,27H,12H2,1-4H3,(H,26,28)/t17-/m0/s1. The van der Waals surface area contributed by atoms with Gasteiger partial charge in [-0.25, -0.2) is 4.79 Å². The molecule has 1 aromatic heterocycles. The summed E-state index contributed by atoms with van der Waals surface area (Å²) in [5.74, 6) is -0.263. The average Bonchev–Trinajstić information content (AvgIpc) is 2.78. The summed E-state index contributed by atoms with van der Waals surface area (Å²) in [6.07, 6.45) is -0.178. The van der Waals surface area contributed by atoms with Gasteiger partial charge in [-0.2, -0.15) is 0 Å². The SMILES string of the molecule is COc1cc([C@H](CC(=O)Nc2ccc(Cl)cc2)c2c(O)cc(C)oc2=O)cc(OC)c1OC. The largest absolute Gasteiger partial charge is 0.507 e. The van der Waals surface area contributed by atoms with Crippen molar-refractivity contribution in [2.24, 2.45) is 0 Å². The van der Waals surface area contributed by atoms with Crippen molar-refractivity contribution in [1.29, 1.82) is 0 Å². The van der Waals surface area contributed by atoms with E-state index < -0.39 is 17.5 Å². The molecule has 0 spiro atoms. The summed E-state index contributed by atoms with van der Waals surface area (Å²) in [5, 5.41) is 13.9. The van der Waals surface area contributed by atoms with E-state index in [1.807, 2.05) is 0 Å². The molecular weight excluding hydrogens is 450 g/mol. The van der Waals surface area contributed by atoms with Crippen LogP contribution in [0.25, 0.3) is 0 Å². The van der Waals surface area contributed by atoms with Gasteiger partial charge >= 0.3 is 5.63 Å². The minimum atomic E-state index is -0.872. The maximum Gasteiger partial charge on any atom is 0.343 e. The van der Waals surface area contributed by atoms with E-state index >= 15 is 0 Å². The van der Waals surface area contributed by atoms with Gasteiger partial charge in [0.15, 0.2) is 11.5 Å². The normalized spacial score (nSPS) is 11.5. The summed E-state index contributed by atoms with van der Waals surface area (Å²) in [5.41, 5.74) is 0.224. The Morgan fingerprint density at radius 2 is 1.67 bits per heavy atom. The monoisotopic (exact) mass is 473 g/mol. The first-order chi connectivity index (χ1) is 15.8. The van der Waals surface area contributed by atoms with E-state index in [0.29, 0.717) is 33.5 Å². The number of carbonyl (C=O) groups is 1. The molecule has 1 amide bonds. The fraction of sp³-hybridized carbons (Fsp3) is 0.250. The maximum atomic E-state index is 12.9. The second-order valence-corrected chi connectivity index (χ2v) is 7.65. The van der Waals surface area contributed by atoms with Crippen LogP contribution < -0.4 is 25.2 Å². The van der Waals surface area contributed by atoms with Crippen LogP contribution in [0.3, 0.4) is 0 Å². The summed E-state index contributed by atoms with van der Waals surface area (Å²) >= 11 is 5.90. The predicted octanol–water partition coefficient (Wildman–Crippen LogP) is 4.49. The van der Waals surface area contributed by atoms with Crippen LogP contribution in [0.15, 0.2) is 51.7 Å². The molecule has 0 aliphatic rings. The molecule has 3 aromatic rings. The number of aryl methyl sites for hydroxylation is 1. The number of rotatable bonds is 8. The van der Waals surface area contributed by atoms with Gasteiger partial charge < -0.3 is 29.1 Å². The summed E-state index contributed by atoms with van der Waals surface area (Å²) in [6.45, 7) is 1.55. The van der Waals surface area contributed by atoms with Crippen LogP contribution >= 0.6 is 11.6 Å². The Hall–Kier alpha value is -3.65. The van der Waals surface area contributed by atoms with Crippen LogP contribution in [0, 0.1) is 6.92 Å². The molecule has 0 aliphatic heterocycles. The van der Waals surface area contributed by atoms with Crippen molar-refractivity contribution in [3.8, 4) is 23.0 Å². The number of carbonyl (C=O) groups excluding carboxylic acids is 1. The van der Waals surface area contributed by atoms with Gasteiger partial charge in [-0.3, -0.25) is 4.79 Å². The van der Waals surface area contributed by atoms with E-state index in [-0.39, 0.29) is 23.5 Å². The second-order valence-electron chi connectivity index (χ2n) is 7.21. The molecule has 3 rings (SSSR count). The first kappa shape index (κ1) is 24.0. The molecule has 8 nitrogen and oxygen atoms in total. The lowest BCUT2D eigenvalue weighted by Gasteiger charge is -2.21. The highest BCUT2D eigenvalue weighted by molar-refractivity contribution is 6.30. The molecule has 1 heterocycles. The molecule has 0 unspecified atom stereocenters. The highest BCUT2D eigenvalue weighted by Crippen LogP contribution is 2.43. The fourth-order valence-electron chi connectivity index (χ4n) is 3.55. The smallest absolute Gasteiger partial charge is 0.343 e. The fourth-order valence-corrected chi connectivity index (χ4v) is 3.67. The van der Waals surface area contributed by atoms with Crippen molar-refractivity contribution in [3.63, 3.8) is 0 Å². The van der Waals surface area contributed by atoms with Crippen molar-refractivity contribution in [2.45, 2.75) is 19.3 Å². The number of anilines is 1. The number of ether oxygens (including phenoxy) is 3. The first-order valence-corrected chi connectivity index (χ1v) is 10.3. The molecule has 0 aliphatic carbocycles. The number of nitrogens with one attached hydrogen (secondary N) is 1. The average molecular weight is 474 g/mol. The Kier molecular flexibility index (Phi) is 7.50. The van der Waals surface area contributed by atoms with Crippen LogP contribution in [0.4, 0.5) is 5.69 Å². The zero-order valence-corrected chi connectivity index (χ0v) is 19.4. The van der Waals surface area contributed by atoms with Gasteiger partial charge in [-0.1, -0.05) is 11.6 Å². The molecule has 2 N–H and O–H groups in total. The quantitative estimate of drug-likeness (QED) is 0.496. The van der Waals surface area contributed by atoms with Crippen LogP contribution in [-0.4, -0.2) is 32.3 Å². The molecule has 0 saturated carbocycles. The lowest BCUT2D eigenvalue weighted by atomic mass is 9.88. The van der Waals surface area contributed by atoms with Gasteiger partial charge in [0, 0.05) is 29.1 Å². The molecule has 2 aromatic carbocycles.